The zero-order valence-electron chi connectivity index (χ0n) is 11.8. The normalized spacial score (nSPS) is 16.1. The summed E-state index contributed by atoms with van der Waals surface area (Å²) in [5.74, 6) is 1.01. The van der Waals surface area contributed by atoms with Gasteiger partial charge in [0.1, 0.15) is 11.5 Å². The Morgan fingerprint density at radius 3 is 2.67 bits per heavy atom. The second-order valence-corrected chi connectivity index (χ2v) is 4.58. The minimum absolute atomic E-state index is 0.329. The molecule has 2 aromatic carbocycles. The van der Waals surface area contributed by atoms with E-state index in [2.05, 4.69) is 5.32 Å². The van der Waals surface area contributed by atoms with E-state index in [1.807, 2.05) is 18.2 Å². The Labute approximate surface area is 122 Å². The molecule has 1 aliphatic rings. The van der Waals surface area contributed by atoms with E-state index in [1.165, 1.54) is 0 Å². The highest BCUT2D eigenvalue weighted by Crippen LogP contribution is 2.36. The van der Waals surface area contributed by atoms with Crippen molar-refractivity contribution in [1.29, 1.82) is 0 Å². The highest BCUT2D eigenvalue weighted by atomic mass is 16.6. The molecule has 21 heavy (non-hydrogen) atoms. The Hall–Kier alpha value is -2.69. The number of cyclic esters (lactones) is 1. The van der Waals surface area contributed by atoms with Crippen LogP contribution in [0, 0.1) is 0 Å². The van der Waals surface area contributed by atoms with Crippen molar-refractivity contribution in [2.45, 2.75) is 6.23 Å². The highest BCUT2D eigenvalue weighted by molar-refractivity contribution is 5.94. The van der Waals surface area contributed by atoms with Gasteiger partial charge in [0.15, 0.2) is 0 Å². The summed E-state index contributed by atoms with van der Waals surface area (Å²) in [6, 6.07) is 12.7. The first-order valence-corrected chi connectivity index (χ1v) is 6.51. The van der Waals surface area contributed by atoms with E-state index in [-0.39, 0.29) is 5.97 Å². The van der Waals surface area contributed by atoms with Crippen molar-refractivity contribution in [3.8, 4) is 11.5 Å². The van der Waals surface area contributed by atoms with Gasteiger partial charge < -0.3 is 19.5 Å². The zero-order valence-corrected chi connectivity index (χ0v) is 11.8. The molecule has 1 N–H and O–H groups in total. The van der Waals surface area contributed by atoms with Crippen LogP contribution in [-0.2, 0) is 4.74 Å². The molecule has 1 heterocycles. The lowest BCUT2D eigenvalue weighted by Gasteiger charge is -2.17. The van der Waals surface area contributed by atoms with Gasteiger partial charge in [-0.2, -0.15) is 0 Å². The zero-order chi connectivity index (χ0) is 14.8. The molecule has 1 atom stereocenters. The van der Waals surface area contributed by atoms with Gasteiger partial charge in [-0.05, 0) is 18.2 Å². The number of anilines is 1. The lowest BCUT2D eigenvalue weighted by Crippen LogP contribution is -2.11. The summed E-state index contributed by atoms with van der Waals surface area (Å²) in [4.78, 5) is 11.8. The van der Waals surface area contributed by atoms with Gasteiger partial charge >= 0.3 is 5.97 Å². The van der Waals surface area contributed by atoms with Gasteiger partial charge in [0.25, 0.3) is 0 Å². The fourth-order valence-electron chi connectivity index (χ4n) is 2.32. The molecule has 2 aromatic rings. The summed E-state index contributed by atoms with van der Waals surface area (Å²) >= 11 is 0. The number of hydrogen-bond donors (Lipinski definition) is 1. The molecule has 0 saturated carbocycles. The van der Waals surface area contributed by atoms with Crippen LogP contribution in [0.2, 0.25) is 0 Å². The SMILES string of the molecule is COc1ccc(OC)c(N[C@H]2OC(=O)c3ccccc32)c1. The molecular weight excluding hydrogens is 270 g/mol. The summed E-state index contributed by atoms with van der Waals surface area (Å²) < 4.78 is 15.9. The molecule has 3 rings (SSSR count). The third-order valence-electron chi connectivity index (χ3n) is 3.38. The van der Waals surface area contributed by atoms with Crippen LogP contribution in [0.5, 0.6) is 11.5 Å². The average Bonchev–Trinajstić information content (AvgIpc) is 2.84. The van der Waals surface area contributed by atoms with E-state index in [9.17, 15) is 4.79 Å². The summed E-state index contributed by atoms with van der Waals surface area (Å²) in [6.07, 6.45) is -0.533. The van der Waals surface area contributed by atoms with Gasteiger partial charge in [-0.25, -0.2) is 4.79 Å². The first kappa shape index (κ1) is 13.3. The number of rotatable bonds is 4. The third kappa shape index (κ3) is 2.38. The predicted molar refractivity (Wildman–Crippen MR) is 77.8 cm³/mol. The number of esters is 1. The molecule has 5 nitrogen and oxygen atoms in total. The molecule has 0 bridgehead atoms. The average molecular weight is 285 g/mol. The van der Waals surface area contributed by atoms with Crippen molar-refractivity contribution < 1.29 is 19.0 Å². The van der Waals surface area contributed by atoms with Crippen LogP contribution in [-0.4, -0.2) is 20.2 Å². The van der Waals surface area contributed by atoms with E-state index >= 15 is 0 Å². The van der Waals surface area contributed by atoms with Gasteiger partial charge in [-0.1, -0.05) is 18.2 Å². The van der Waals surface area contributed by atoms with Crippen LogP contribution in [0.25, 0.3) is 0 Å². The Balaban J connectivity index is 1.93. The van der Waals surface area contributed by atoms with Crippen LogP contribution in [0.15, 0.2) is 42.5 Å². The highest BCUT2D eigenvalue weighted by Gasteiger charge is 2.31. The van der Waals surface area contributed by atoms with Gasteiger partial charge in [-0.3, -0.25) is 0 Å². The van der Waals surface area contributed by atoms with Gasteiger partial charge in [0.2, 0.25) is 6.23 Å². The van der Waals surface area contributed by atoms with E-state index in [1.54, 1.807) is 38.5 Å². The number of carbonyl (C=O) groups is 1. The summed E-state index contributed by atoms with van der Waals surface area (Å²) in [6.45, 7) is 0. The Morgan fingerprint density at radius 1 is 1.10 bits per heavy atom. The number of hydrogen-bond acceptors (Lipinski definition) is 5. The fourth-order valence-corrected chi connectivity index (χ4v) is 2.32. The van der Waals surface area contributed by atoms with Crippen molar-refractivity contribution in [1.82, 2.24) is 0 Å². The van der Waals surface area contributed by atoms with Crippen molar-refractivity contribution in [3.05, 3.63) is 53.6 Å². The molecule has 0 aliphatic carbocycles. The molecule has 5 heteroatoms. The lowest BCUT2D eigenvalue weighted by atomic mass is 10.1. The molecule has 0 aromatic heterocycles. The van der Waals surface area contributed by atoms with Crippen molar-refractivity contribution in [2.24, 2.45) is 0 Å². The maximum atomic E-state index is 11.8. The van der Waals surface area contributed by atoms with Crippen LogP contribution in [0.4, 0.5) is 5.69 Å². The first-order chi connectivity index (χ1) is 10.2. The van der Waals surface area contributed by atoms with Crippen molar-refractivity contribution in [3.63, 3.8) is 0 Å². The van der Waals surface area contributed by atoms with Crippen LogP contribution in [0.1, 0.15) is 22.1 Å². The van der Waals surface area contributed by atoms with Crippen LogP contribution < -0.4 is 14.8 Å². The summed E-state index contributed by atoms with van der Waals surface area (Å²) in [5, 5.41) is 3.17. The molecule has 108 valence electrons. The molecule has 0 radical (unpaired) electrons. The van der Waals surface area contributed by atoms with Crippen LogP contribution in [0.3, 0.4) is 0 Å². The molecule has 0 unspecified atom stereocenters. The Kier molecular flexibility index (Phi) is 3.39. The second kappa shape index (κ2) is 5.36. The molecule has 0 fully saturated rings. The standard InChI is InChI=1S/C16H15NO4/c1-19-10-7-8-14(20-2)13(9-10)17-15-11-5-3-4-6-12(11)16(18)21-15/h3-9,15,17H,1-2H3/t15-/m0/s1. The minimum atomic E-state index is -0.533. The number of benzene rings is 2. The number of fused-ring (bicyclic) bond motifs is 1. The second-order valence-electron chi connectivity index (χ2n) is 4.58. The van der Waals surface area contributed by atoms with Gasteiger partial charge in [0.05, 0.1) is 25.5 Å². The maximum absolute atomic E-state index is 11.8. The minimum Gasteiger partial charge on any atom is -0.497 e. The van der Waals surface area contributed by atoms with E-state index in [0.717, 1.165) is 5.56 Å². The molecule has 0 saturated heterocycles. The number of methoxy groups -OCH3 is 2. The van der Waals surface area contributed by atoms with E-state index in [0.29, 0.717) is 22.7 Å². The molecule has 1 aliphatic heterocycles. The monoisotopic (exact) mass is 285 g/mol. The van der Waals surface area contributed by atoms with Gasteiger partial charge in [0, 0.05) is 11.6 Å². The topological polar surface area (TPSA) is 56.8 Å². The van der Waals surface area contributed by atoms with Crippen LogP contribution >= 0.6 is 0 Å². The lowest BCUT2D eigenvalue weighted by molar-refractivity contribution is 0.0436. The summed E-state index contributed by atoms with van der Waals surface area (Å²) in [5.41, 5.74) is 2.09. The summed E-state index contributed by atoms with van der Waals surface area (Å²) in [7, 11) is 3.18. The Morgan fingerprint density at radius 2 is 1.90 bits per heavy atom. The maximum Gasteiger partial charge on any atom is 0.340 e. The van der Waals surface area contributed by atoms with E-state index < -0.39 is 6.23 Å². The van der Waals surface area contributed by atoms with Crippen molar-refractivity contribution in [2.75, 3.05) is 19.5 Å². The number of nitrogens with one attached hydrogen (secondary N) is 1. The largest absolute Gasteiger partial charge is 0.497 e. The predicted octanol–water partition coefficient (Wildman–Crippen LogP) is 2.98. The number of ether oxygens (including phenoxy) is 3. The molecular formula is C16H15NO4. The number of carbonyl (C=O) groups excluding carboxylic acids is 1. The van der Waals surface area contributed by atoms with Gasteiger partial charge in [-0.15, -0.1) is 0 Å². The molecule has 0 spiro atoms. The smallest absolute Gasteiger partial charge is 0.340 e. The first-order valence-electron chi connectivity index (χ1n) is 6.51. The third-order valence-corrected chi connectivity index (χ3v) is 3.38. The molecule has 0 amide bonds. The fraction of sp³-hybridized carbons (Fsp3) is 0.188. The van der Waals surface area contributed by atoms with E-state index in [4.69, 9.17) is 14.2 Å². The quantitative estimate of drug-likeness (QED) is 0.875. The Bertz CT molecular complexity index is 684. The van der Waals surface area contributed by atoms with Crippen molar-refractivity contribution >= 4 is 11.7 Å².